The van der Waals surface area contributed by atoms with E-state index in [0.29, 0.717) is 28.2 Å². The SMILES string of the molecule is Cc1ccc(CNC(=O)CSc2ncnc3c2sc2cccc(F)c23)o1. The van der Waals surface area contributed by atoms with Crippen LogP contribution in [0.15, 0.2) is 46.1 Å². The molecule has 0 unspecified atom stereocenters. The van der Waals surface area contributed by atoms with Crippen LogP contribution in [0.4, 0.5) is 4.39 Å². The van der Waals surface area contributed by atoms with Crippen molar-refractivity contribution in [2.24, 2.45) is 0 Å². The van der Waals surface area contributed by atoms with Crippen molar-refractivity contribution in [1.29, 1.82) is 0 Å². The lowest BCUT2D eigenvalue weighted by Gasteiger charge is -2.03. The summed E-state index contributed by atoms with van der Waals surface area (Å²) in [5.74, 6) is 1.31. The molecular formula is C18H14FN3O2S2. The van der Waals surface area contributed by atoms with Gasteiger partial charge in [-0.3, -0.25) is 4.79 Å². The topological polar surface area (TPSA) is 68.0 Å². The van der Waals surface area contributed by atoms with Crippen molar-refractivity contribution in [3.8, 4) is 0 Å². The average Bonchev–Trinajstić information content (AvgIpc) is 3.22. The molecule has 1 aromatic carbocycles. The molecule has 0 bridgehead atoms. The van der Waals surface area contributed by atoms with Gasteiger partial charge in [0.05, 0.1) is 27.9 Å². The number of nitrogens with one attached hydrogen (secondary N) is 1. The molecule has 132 valence electrons. The molecule has 3 heterocycles. The summed E-state index contributed by atoms with van der Waals surface area (Å²) in [6.07, 6.45) is 1.41. The van der Waals surface area contributed by atoms with Crippen molar-refractivity contribution < 1.29 is 13.6 Å². The summed E-state index contributed by atoms with van der Waals surface area (Å²) in [5, 5.41) is 4.00. The van der Waals surface area contributed by atoms with E-state index >= 15 is 0 Å². The van der Waals surface area contributed by atoms with Crippen LogP contribution in [0.2, 0.25) is 0 Å². The smallest absolute Gasteiger partial charge is 0.230 e. The number of halogens is 1. The van der Waals surface area contributed by atoms with Crippen LogP contribution in [0.3, 0.4) is 0 Å². The predicted molar refractivity (Wildman–Crippen MR) is 101 cm³/mol. The zero-order chi connectivity index (χ0) is 18.1. The van der Waals surface area contributed by atoms with Gasteiger partial charge in [-0.15, -0.1) is 11.3 Å². The van der Waals surface area contributed by atoms with Crippen molar-refractivity contribution in [2.75, 3.05) is 5.75 Å². The van der Waals surface area contributed by atoms with Gasteiger partial charge in [-0.25, -0.2) is 14.4 Å². The van der Waals surface area contributed by atoms with Gasteiger partial charge in [0.2, 0.25) is 5.91 Å². The van der Waals surface area contributed by atoms with Crippen LogP contribution in [0.1, 0.15) is 11.5 Å². The Bertz CT molecular complexity index is 1110. The molecule has 0 aliphatic rings. The molecule has 4 aromatic rings. The number of carbonyl (C=O) groups is 1. The lowest BCUT2D eigenvalue weighted by molar-refractivity contribution is -0.118. The Morgan fingerprint density at radius 3 is 3.00 bits per heavy atom. The number of thiophene rings is 1. The van der Waals surface area contributed by atoms with E-state index in [4.69, 9.17) is 4.42 Å². The molecule has 0 saturated heterocycles. The van der Waals surface area contributed by atoms with Crippen LogP contribution in [-0.2, 0) is 11.3 Å². The third-order valence-corrected chi connectivity index (χ3v) is 6.06. The molecule has 3 aromatic heterocycles. The summed E-state index contributed by atoms with van der Waals surface area (Å²) in [7, 11) is 0. The second-order valence-electron chi connectivity index (χ2n) is 5.65. The summed E-state index contributed by atoms with van der Waals surface area (Å²) >= 11 is 2.75. The number of benzene rings is 1. The van der Waals surface area contributed by atoms with E-state index in [1.807, 2.05) is 25.1 Å². The van der Waals surface area contributed by atoms with E-state index in [1.54, 1.807) is 6.07 Å². The second-order valence-corrected chi connectivity index (χ2v) is 7.67. The average molecular weight is 387 g/mol. The van der Waals surface area contributed by atoms with Gasteiger partial charge in [0, 0.05) is 4.70 Å². The van der Waals surface area contributed by atoms with Gasteiger partial charge in [0.1, 0.15) is 28.7 Å². The summed E-state index contributed by atoms with van der Waals surface area (Å²) in [5.41, 5.74) is 0.590. The molecule has 5 nitrogen and oxygen atoms in total. The third kappa shape index (κ3) is 3.30. The van der Waals surface area contributed by atoms with Gasteiger partial charge in [0.25, 0.3) is 0 Å². The molecule has 8 heteroatoms. The third-order valence-electron chi connectivity index (χ3n) is 3.79. The quantitative estimate of drug-likeness (QED) is 0.409. The van der Waals surface area contributed by atoms with Crippen LogP contribution in [0.5, 0.6) is 0 Å². The Morgan fingerprint density at radius 1 is 1.31 bits per heavy atom. The lowest BCUT2D eigenvalue weighted by atomic mass is 10.2. The van der Waals surface area contributed by atoms with E-state index in [2.05, 4.69) is 15.3 Å². The highest BCUT2D eigenvalue weighted by molar-refractivity contribution is 8.00. The number of hydrogen-bond donors (Lipinski definition) is 1. The van der Waals surface area contributed by atoms with Gasteiger partial charge in [0.15, 0.2) is 0 Å². The number of hydrogen-bond acceptors (Lipinski definition) is 6. The first-order chi connectivity index (χ1) is 12.6. The number of rotatable bonds is 5. The van der Waals surface area contributed by atoms with Gasteiger partial charge in [-0.05, 0) is 31.2 Å². The van der Waals surface area contributed by atoms with Gasteiger partial charge in [-0.2, -0.15) is 0 Å². The fourth-order valence-electron chi connectivity index (χ4n) is 2.61. The summed E-state index contributed by atoms with van der Waals surface area (Å²) in [4.78, 5) is 20.6. The number of aryl methyl sites for hydroxylation is 1. The van der Waals surface area contributed by atoms with Gasteiger partial charge < -0.3 is 9.73 Å². The highest BCUT2D eigenvalue weighted by atomic mass is 32.2. The minimum absolute atomic E-state index is 0.122. The van der Waals surface area contributed by atoms with Crippen molar-refractivity contribution in [2.45, 2.75) is 18.5 Å². The number of carbonyl (C=O) groups excluding carboxylic acids is 1. The van der Waals surface area contributed by atoms with E-state index in [9.17, 15) is 9.18 Å². The Labute approximate surface area is 156 Å². The number of nitrogens with zero attached hydrogens (tertiary/aromatic N) is 2. The zero-order valence-corrected chi connectivity index (χ0v) is 15.4. The van der Waals surface area contributed by atoms with E-state index in [1.165, 1.54) is 35.5 Å². The first-order valence-corrected chi connectivity index (χ1v) is 9.68. The molecule has 26 heavy (non-hydrogen) atoms. The molecule has 0 aliphatic carbocycles. The van der Waals surface area contributed by atoms with Crippen molar-refractivity contribution in [1.82, 2.24) is 15.3 Å². The number of fused-ring (bicyclic) bond motifs is 3. The minimum atomic E-state index is -0.296. The second kappa shape index (κ2) is 7.05. The van der Waals surface area contributed by atoms with Crippen LogP contribution >= 0.6 is 23.1 Å². The van der Waals surface area contributed by atoms with E-state index < -0.39 is 0 Å². The van der Waals surface area contributed by atoms with E-state index in [-0.39, 0.29) is 17.5 Å². The first-order valence-electron chi connectivity index (χ1n) is 7.88. The van der Waals surface area contributed by atoms with Gasteiger partial charge >= 0.3 is 0 Å². The Morgan fingerprint density at radius 2 is 2.19 bits per heavy atom. The lowest BCUT2D eigenvalue weighted by Crippen LogP contribution is -2.24. The maximum absolute atomic E-state index is 14.1. The Hall–Kier alpha value is -2.45. The fraction of sp³-hybridized carbons (Fsp3) is 0.167. The Balaban J connectivity index is 1.49. The molecular weight excluding hydrogens is 373 g/mol. The number of aromatic nitrogens is 2. The Kier molecular flexibility index (Phi) is 4.60. The maximum Gasteiger partial charge on any atom is 0.230 e. The number of thioether (sulfide) groups is 1. The molecule has 4 rings (SSSR count). The summed E-state index contributed by atoms with van der Waals surface area (Å²) < 4.78 is 21.2. The van der Waals surface area contributed by atoms with Crippen LogP contribution in [0.25, 0.3) is 20.3 Å². The van der Waals surface area contributed by atoms with Crippen LogP contribution in [-0.4, -0.2) is 21.6 Å². The van der Waals surface area contributed by atoms with Crippen molar-refractivity contribution in [3.63, 3.8) is 0 Å². The molecule has 0 aliphatic heterocycles. The van der Waals surface area contributed by atoms with Crippen LogP contribution < -0.4 is 5.32 Å². The summed E-state index contributed by atoms with van der Waals surface area (Å²) in [6, 6.07) is 8.65. The minimum Gasteiger partial charge on any atom is -0.465 e. The summed E-state index contributed by atoms with van der Waals surface area (Å²) in [6.45, 7) is 2.20. The fourth-order valence-corrected chi connectivity index (χ4v) is 4.69. The van der Waals surface area contributed by atoms with Crippen molar-refractivity contribution >= 4 is 49.3 Å². The molecule has 0 saturated carbocycles. The van der Waals surface area contributed by atoms with Crippen molar-refractivity contribution in [3.05, 3.63) is 54.0 Å². The predicted octanol–water partition coefficient (Wildman–Crippen LogP) is 4.29. The molecule has 1 N–H and O–H groups in total. The van der Waals surface area contributed by atoms with E-state index in [0.717, 1.165) is 15.2 Å². The highest BCUT2D eigenvalue weighted by Gasteiger charge is 2.15. The molecule has 0 radical (unpaired) electrons. The molecule has 0 spiro atoms. The first kappa shape index (κ1) is 17.0. The monoisotopic (exact) mass is 387 g/mol. The van der Waals surface area contributed by atoms with Crippen LogP contribution in [0, 0.1) is 12.7 Å². The standard InChI is InChI=1S/C18H14FN3O2S2/c1-10-5-6-11(24-10)7-20-14(23)8-25-18-17-16(21-9-22-18)15-12(19)3-2-4-13(15)26-17/h2-6,9H,7-8H2,1H3,(H,20,23). The maximum atomic E-state index is 14.1. The number of amides is 1. The molecule has 0 fully saturated rings. The van der Waals surface area contributed by atoms with Gasteiger partial charge in [-0.1, -0.05) is 17.8 Å². The highest BCUT2D eigenvalue weighted by Crippen LogP contribution is 2.38. The molecule has 1 amide bonds. The normalized spacial score (nSPS) is 11.3. The molecule has 0 atom stereocenters. The number of furan rings is 1. The zero-order valence-electron chi connectivity index (χ0n) is 13.8. The largest absolute Gasteiger partial charge is 0.465 e.